The maximum Gasteiger partial charge on any atom is 0.212 e. The Morgan fingerprint density at radius 1 is 1.50 bits per heavy atom. The number of methoxy groups -OCH3 is 1. The van der Waals surface area contributed by atoms with Crippen LogP contribution < -0.4 is 10.1 Å². The van der Waals surface area contributed by atoms with Crippen molar-refractivity contribution in [2.24, 2.45) is 0 Å². The quantitative estimate of drug-likeness (QED) is 0.772. The zero-order valence-corrected chi connectivity index (χ0v) is 8.66. The van der Waals surface area contributed by atoms with Crippen molar-refractivity contribution >= 4 is 0 Å². The third-order valence-electron chi connectivity index (χ3n) is 2.79. The summed E-state index contributed by atoms with van der Waals surface area (Å²) in [5.74, 6) is 1.30. The molecular formula is C11H16N2O. The smallest absolute Gasteiger partial charge is 0.212 e. The summed E-state index contributed by atoms with van der Waals surface area (Å²) in [6, 6.07) is 4.66. The number of aromatic nitrogens is 1. The minimum absolute atomic E-state index is 0.614. The SMILES string of the molecule is COc1ccc(C2CNC(C)C2)cn1. The first-order valence-electron chi connectivity index (χ1n) is 5.03. The number of rotatable bonds is 2. The maximum absolute atomic E-state index is 5.03. The largest absolute Gasteiger partial charge is 0.481 e. The van der Waals surface area contributed by atoms with E-state index in [0.717, 1.165) is 6.54 Å². The van der Waals surface area contributed by atoms with Crippen LogP contribution in [0, 0.1) is 0 Å². The maximum atomic E-state index is 5.03. The minimum Gasteiger partial charge on any atom is -0.481 e. The van der Waals surface area contributed by atoms with Gasteiger partial charge in [-0.15, -0.1) is 0 Å². The van der Waals surface area contributed by atoms with Crippen LogP contribution in [0.5, 0.6) is 5.88 Å². The van der Waals surface area contributed by atoms with Crippen LogP contribution >= 0.6 is 0 Å². The lowest BCUT2D eigenvalue weighted by Gasteiger charge is -2.08. The number of nitrogens with one attached hydrogen (secondary N) is 1. The van der Waals surface area contributed by atoms with E-state index in [0.29, 0.717) is 17.8 Å². The highest BCUT2D eigenvalue weighted by atomic mass is 16.5. The number of pyridine rings is 1. The van der Waals surface area contributed by atoms with Gasteiger partial charge in [-0.1, -0.05) is 6.07 Å². The van der Waals surface area contributed by atoms with E-state index in [1.54, 1.807) is 7.11 Å². The predicted molar refractivity (Wildman–Crippen MR) is 55.6 cm³/mol. The fourth-order valence-corrected chi connectivity index (χ4v) is 1.94. The van der Waals surface area contributed by atoms with E-state index < -0.39 is 0 Å². The van der Waals surface area contributed by atoms with E-state index in [4.69, 9.17) is 4.74 Å². The molecule has 1 aliphatic rings. The first kappa shape index (κ1) is 9.46. The van der Waals surface area contributed by atoms with Gasteiger partial charge >= 0.3 is 0 Å². The van der Waals surface area contributed by atoms with Crippen LogP contribution in [0.25, 0.3) is 0 Å². The molecule has 3 heteroatoms. The molecule has 1 aromatic rings. The molecule has 2 atom stereocenters. The molecule has 2 heterocycles. The lowest BCUT2D eigenvalue weighted by Crippen LogP contribution is -2.16. The van der Waals surface area contributed by atoms with Crippen molar-refractivity contribution in [1.29, 1.82) is 0 Å². The summed E-state index contributed by atoms with van der Waals surface area (Å²) in [6.07, 6.45) is 3.12. The predicted octanol–water partition coefficient (Wildman–Crippen LogP) is 1.56. The molecule has 0 aromatic carbocycles. The zero-order valence-electron chi connectivity index (χ0n) is 8.66. The molecule has 0 saturated carbocycles. The summed E-state index contributed by atoms with van der Waals surface area (Å²) in [7, 11) is 1.64. The van der Waals surface area contributed by atoms with Crippen molar-refractivity contribution in [3.8, 4) is 5.88 Å². The Balaban J connectivity index is 2.09. The van der Waals surface area contributed by atoms with Gasteiger partial charge in [0, 0.05) is 24.8 Å². The number of ether oxygens (including phenoxy) is 1. The molecule has 0 spiro atoms. The number of hydrogen-bond acceptors (Lipinski definition) is 3. The van der Waals surface area contributed by atoms with E-state index in [1.807, 2.05) is 12.3 Å². The third-order valence-corrected chi connectivity index (χ3v) is 2.79. The summed E-state index contributed by atoms with van der Waals surface area (Å²) in [5, 5.41) is 3.44. The van der Waals surface area contributed by atoms with Gasteiger partial charge in [-0.3, -0.25) is 0 Å². The molecule has 1 fully saturated rings. The fourth-order valence-electron chi connectivity index (χ4n) is 1.94. The summed E-state index contributed by atoms with van der Waals surface area (Å²) >= 11 is 0. The fraction of sp³-hybridized carbons (Fsp3) is 0.545. The highest BCUT2D eigenvalue weighted by molar-refractivity contribution is 5.22. The van der Waals surface area contributed by atoms with Crippen LogP contribution in [0.1, 0.15) is 24.8 Å². The molecule has 1 saturated heterocycles. The average molecular weight is 192 g/mol. The summed E-state index contributed by atoms with van der Waals surface area (Å²) in [4.78, 5) is 4.22. The third kappa shape index (κ3) is 1.87. The second kappa shape index (κ2) is 3.96. The van der Waals surface area contributed by atoms with Crippen molar-refractivity contribution in [3.63, 3.8) is 0 Å². The Hall–Kier alpha value is -1.09. The van der Waals surface area contributed by atoms with E-state index in [2.05, 4.69) is 23.3 Å². The van der Waals surface area contributed by atoms with Crippen molar-refractivity contribution < 1.29 is 4.74 Å². The van der Waals surface area contributed by atoms with E-state index in [-0.39, 0.29) is 0 Å². The topological polar surface area (TPSA) is 34.1 Å². The lowest BCUT2D eigenvalue weighted by atomic mass is 9.98. The van der Waals surface area contributed by atoms with Gasteiger partial charge in [-0.2, -0.15) is 0 Å². The summed E-state index contributed by atoms with van der Waals surface area (Å²) < 4.78 is 5.03. The second-order valence-electron chi connectivity index (χ2n) is 3.88. The lowest BCUT2D eigenvalue weighted by molar-refractivity contribution is 0.397. The molecule has 0 radical (unpaired) electrons. The Labute approximate surface area is 84.5 Å². The molecule has 0 amide bonds. The van der Waals surface area contributed by atoms with Gasteiger partial charge in [0.05, 0.1) is 7.11 Å². The van der Waals surface area contributed by atoms with Gasteiger partial charge in [-0.25, -0.2) is 4.98 Å². The number of hydrogen-bond donors (Lipinski definition) is 1. The van der Waals surface area contributed by atoms with Gasteiger partial charge in [0.2, 0.25) is 5.88 Å². The molecule has 0 bridgehead atoms. The molecule has 1 aromatic heterocycles. The number of nitrogens with zero attached hydrogens (tertiary/aromatic N) is 1. The molecule has 2 unspecified atom stereocenters. The first-order valence-corrected chi connectivity index (χ1v) is 5.03. The molecule has 76 valence electrons. The highest BCUT2D eigenvalue weighted by Crippen LogP contribution is 2.25. The molecular weight excluding hydrogens is 176 g/mol. The standard InChI is InChI=1S/C11H16N2O/c1-8-5-10(7-12-8)9-3-4-11(14-2)13-6-9/h3-4,6,8,10,12H,5,7H2,1-2H3. The van der Waals surface area contributed by atoms with E-state index in [9.17, 15) is 0 Å². The Bertz CT molecular complexity index is 297. The van der Waals surface area contributed by atoms with Crippen LogP contribution in [0.2, 0.25) is 0 Å². The van der Waals surface area contributed by atoms with Gasteiger partial charge in [-0.05, 0) is 24.8 Å². The minimum atomic E-state index is 0.614. The van der Waals surface area contributed by atoms with E-state index in [1.165, 1.54) is 12.0 Å². The normalized spacial score (nSPS) is 26.4. The molecule has 0 aliphatic carbocycles. The van der Waals surface area contributed by atoms with Crippen molar-refractivity contribution in [2.45, 2.75) is 25.3 Å². The highest BCUT2D eigenvalue weighted by Gasteiger charge is 2.22. The summed E-state index contributed by atoms with van der Waals surface area (Å²) in [6.45, 7) is 3.28. The second-order valence-corrected chi connectivity index (χ2v) is 3.88. The van der Waals surface area contributed by atoms with Gasteiger partial charge in [0.25, 0.3) is 0 Å². The van der Waals surface area contributed by atoms with Crippen LogP contribution in [-0.2, 0) is 0 Å². The van der Waals surface area contributed by atoms with Gasteiger partial charge in [0.15, 0.2) is 0 Å². The zero-order chi connectivity index (χ0) is 9.97. The molecule has 2 rings (SSSR count). The van der Waals surface area contributed by atoms with E-state index >= 15 is 0 Å². The first-order chi connectivity index (χ1) is 6.79. The Kier molecular flexibility index (Phi) is 2.68. The van der Waals surface area contributed by atoms with Gasteiger partial charge < -0.3 is 10.1 Å². The van der Waals surface area contributed by atoms with Crippen molar-refractivity contribution in [3.05, 3.63) is 23.9 Å². The van der Waals surface area contributed by atoms with Crippen molar-refractivity contribution in [2.75, 3.05) is 13.7 Å². The van der Waals surface area contributed by atoms with Crippen LogP contribution in [0.4, 0.5) is 0 Å². The van der Waals surface area contributed by atoms with Crippen LogP contribution in [0.15, 0.2) is 18.3 Å². The molecule has 3 nitrogen and oxygen atoms in total. The van der Waals surface area contributed by atoms with Crippen LogP contribution in [-0.4, -0.2) is 24.7 Å². The average Bonchev–Trinajstić information content (AvgIpc) is 2.65. The molecule has 1 aliphatic heterocycles. The van der Waals surface area contributed by atoms with Crippen LogP contribution in [0.3, 0.4) is 0 Å². The van der Waals surface area contributed by atoms with Crippen molar-refractivity contribution in [1.82, 2.24) is 10.3 Å². The Morgan fingerprint density at radius 3 is 2.86 bits per heavy atom. The molecule has 1 N–H and O–H groups in total. The summed E-state index contributed by atoms with van der Waals surface area (Å²) in [5.41, 5.74) is 1.31. The Morgan fingerprint density at radius 2 is 2.36 bits per heavy atom. The monoisotopic (exact) mass is 192 g/mol. The molecule has 14 heavy (non-hydrogen) atoms. The van der Waals surface area contributed by atoms with Gasteiger partial charge in [0.1, 0.15) is 0 Å².